The van der Waals surface area contributed by atoms with Crippen LogP contribution in [0.2, 0.25) is 0 Å². The van der Waals surface area contributed by atoms with E-state index in [1.54, 1.807) is 12.1 Å². The summed E-state index contributed by atoms with van der Waals surface area (Å²) in [6, 6.07) is 15.1. The number of allylic oxidation sites excluding steroid dienone is 1. The summed E-state index contributed by atoms with van der Waals surface area (Å²) in [5.41, 5.74) is 4.68. The first kappa shape index (κ1) is 20.3. The Morgan fingerprint density at radius 2 is 2.03 bits per heavy atom. The van der Waals surface area contributed by atoms with Crippen LogP contribution in [-0.4, -0.2) is 37.7 Å². The number of carbonyl (C=O) groups is 1. The number of nitrogens with one attached hydrogen (secondary N) is 1. The summed E-state index contributed by atoms with van der Waals surface area (Å²) in [7, 11) is 0. The lowest BCUT2D eigenvalue weighted by Gasteiger charge is -2.07. The van der Waals surface area contributed by atoms with Crippen molar-refractivity contribution in [1.82, 2.24) is 20.2 Å². The number of aryl methyl sites for hydroxylation is 1. The molecular weight excluding hydrogens is 386 g/mol. The Kier molecular flexibility index (Phi) is 6.80. The maximum absolute atomic E-state index is 12.1. The van der Waals surface area contributed by atoms with Crippen LogP contribution in [0.15, 0.2) is 71.4 Å². The fraction of sp³-hybridized carbons (Fsp3) is 0.143. The average Bonchev–Trinajstić information content (AvgIpc) is 3.10. The number of benzene rings is 2. The van der Waals surface area contributed by atoms with Gasteiger partial charge in [-0.2, -0.15) is 5.10 Å². The quantitative estimate of drug-likeness (QED) is 0.259. The van der Waals surface area contributed by atoms with Crippen molar-refractivity contribution in [1.29, 1.82) is 0 Å². The largest absolute Gasteiger partial charge is 0.507 e. The number of thioether (sulfide) groups is 1. The average molecular weight is 407 g/mol. The number of carbonyl (C=O) groups excluding carboxylic acids is 1. The van der Waals surface area contributed by atoms with Crippen molar-refractivity contribution in [2.45, 2.75) is 18.5 Å². The molecule has 0 saturated carbocycles. The lowest BCUT2D eigenvalue weighted by atomic mass is 10.1. The molecular formula is C21H21N5O2S. The van der Waals surface area contributed by atoms with Crippen LogP contribution in [0.25, 0.3) is 5.69 Å². The van der Waals surface area contributed by atoms with Gasteiger partial charge < -0.3 is 5.11 Å². The highest BCUT2D eigenvalue weighted by molar-refractivity contribution is 7.99. The number of amides is 1. The van der Waals surface area contributed by atoms with Crippen molar-refractivity contribution in [2.75, 3.05) is 5.75 Å². The summed E-state index contributed by atoms with van der Waals surface area (Å²) in [6.07, 6.45) is 3.68. The highest BCUT2D eigenvalue weighted by Gasteiger charge is 2.13. The summed E-state index contributed by atoms with van der Waals surface area (Å²) in [4.78, 5) is 12.1. The van der Waals surface area contributed by atoms with Crippen LogP contribution in [-0.2, 0) is 11.2 Å². The Labute approximate surface area is 173 Å². The highest BCUT2D eigenvalue weighted by Crippen LogP contribution is 2.22. The number of rotatable bonds is 8. The van der Waals surface area contributed by atoms with Crippen molar-refractivity contribution in [3.63, 3.8) is 0 Å². The fourth-order valence-corrected chi connectivity index (χ4v) is 3.47. The topological polar surface area (TPSA) is 92.4 Å². The van der Waals surface area contributed by atoms with E-state index in [2.05, 4.69) is 27.3 Å². The van der Waals surface area contributed by atoms with Crippen LogP contribution in [0, 0.1) is 6.92 Å². The highest BCUT2D eigenvalue weighted by atomic mass is 32.2. The molecule has 0 spiro atoms. The van der Waals surface area contributed by atoms with E-state index in [0.717, 1.165) is 17.1 Å². The second-order valence-corrected chi connectivity index (χ2v) is 7.07. The van der Waals surface area contributed by atoms with E-state index in [9.17, 15) is 9.90 Å². The molecule has 1 amide bonds. The molecule has 0 aliphatic heterocycles. The van der Waals surface area contributed by atoms with Crippen LogP contribution in [0.5, 0.6) is 5.75 Å². The van der Waals surface area contributed by atoms with Gasteiger partial charge >= 0.3 is 0 Å². The number of hydrogen-bond donors (Lipinski definition) is 2. The van der Waals surface area contributed by atoms with Gasteiger partial charge in [-0.15, -0.1) is 16.8 Å². The van der Waals surface area contributed by atoms with Gasteiger partial charge in [-0.1, -0.05) is 48.2 Å². The van der Waals surface area contributed by atoms with Crippen molar-refractivity contribution in [3.8, 4) is 11.4 Å². The number of aromatic nitrogens is 3. The van der Waals surface area contributed by atoms with Gasteiger partial charge in [-0.05, 0) is 37.1 Å². The van der Waals surface area contributed by atoms with Crippen LogP contribution in [0.3, 0.4) is 0 Å². The van der Waals surface area contributed by atoms with E-state index in [0.29, 0.717) is 17.1 Å². The van der Waals surface area contributed by atoms with Crippen LogP contribution < -0.4 is 5.43 Å². The molecule has 3 rings (SSSR count). The van der Waals surface area contributed by atoms with E-state index in [1.165, 1.54) is 18.0 Å². The van der Waals surface area contributed by atoms with Gasteiger partial charge in [0.15, 0.2) is 5.16 Å². The van der Waals surface area contributed by atoms with Gasteiger partial charge in [0.25, 0.3) is 5.91 Å². The molecule has 2 N–H and O–H groups in total. The van der Waals surface area contributed by atoms with Gasteiger partial charge in [0.1, 0.15) is 11.6 Å². The zero-order valence-electron chi connectivity index (χ0n) is 15.9. The number of nitrogens with zero attached hydrogens (tertiary/aromatic N) is 4. The zero-order valence-corrected chi connectivity index (χ0v) is 16.8. The first-order valence-electron chi connectivity index (χ1n) is 8.94. The minimum absolute atomic E-state index is 0.130. The summed E-state index contributed by atoms with van der Waals surface area (Å²) >= 11 is 1.27. The molecule has 148 valence electrons. The SMILES string of the molecule is C=CCc1cccc(/C=N\NC(=O)CSc2nnc(C)n2-c2ccccc2)c1O. The second-order valence-electron chi connectivity index (χ2n) is 6.13. The lowest BCUT2D eigenvalue weighted by molar-refractivity contribution is -0.118. The molecule has 3 aromatic rings. The summed E-state index contributed by atoms with van der Waals surface area (Å²) in [5, 5.41) is 23.0. The van der Waals surface area contributed by atoms with E-state index in [1.807, 2.05) is 54.0 Å². The molecule has 8 heteroatoms. The molecule has 29 heavy (non-hydrogen) atoms. The minimum atomic E-state index is -0.284. The van der Waals surface area contributed by atoms with E-state index in [-0.39, 0.29) is 17.4 Å². The first-order valence-corrected chi connectivity index (χ1v) is 9.92. The second kappa shape index (κ2) is 9.70. The Morgan fingerprint density at radius 3 is 2.79 bits per heavy atom. The maximum atomic E-state index is 12.1. The molecule has 2 aromatic carbocycles. The third-order valence-electron chi connectivity index (χ3n) is 4.05. The van der Waals surface area contributed by atoms with E-state index < -0.39 is 0 Å². The van der Waals surface area contributed by atoms with Gasteiger partial charge in [0.05, 0.1) is 12.0 Å². The number of hydrazone groups is 1. The van der Waals surface area contributed by atoms with Crippen LogP contribution >= 0.6 is 11.8 Å². The van der Waals surface area contributed by atoms with Crippen molar-refractivity contribution < 1.29 is 9.90 Å². The third kappa shape index (κ3) is 5.11. The predicted molar refractivity (Wildman–Crippen MR) is 115 cm³/mol. The minimum Gasteiger partial charge on any atom is -0.507 e. The standard InChI is InChI=1S/C21H21N5O2S/c1-3-8-16-9-7-10-17(20(16)28)13-22-24-19(27)14-29-21-25-23-15(2)26(21)18-11-5-4-6-12-18/h3-7,9-13,28H,1,8,14H2,2H3,(H,24,27)/b22-13-. The van der Waals surface area contributed by atoms with Crippen molar-refractivity contribution in [3.05, 3.63) is 78.1 Å². The lowest BCUT2D eigenvalue weighted by Crippen LogP contribution is -2.20. The number of phenolic OH excluding ortho intramolecular Hbond substituents is 1. The fourth-order valence-electron chi connectivity index (χ4n) is 2.68. The monoisotopic (exact) mass is 407 g/mol. The van der Waals surface area contributed by atoms with Crippen molar-refractivity contribution >= 4 is 23.9 Å². The van der Waals surface area contributed by atoms with Gasteiger partial charge in [-0.25, -0.2) is 5.43 Å². The molecule has 0 aliphatic rings. The molecule has 1 aromatic heterocycles. The normalized spacial score (nSPS) is 10.9. The Hall–Kier alpha value is -3.39. The number of aromatic hydroxyl groups is 1. The molecule has 0 unspecified atom stereocenters. The third-order valence-corrected chi connectivity index (χ3v) is 4.98. The summed E-state index contributed by atoms with van der Waals surface area (Å²) in [6.45, 7) is 5.53. The van der Waals surface area contributed by atoms with Gasteiger partial charge in [0, 0.05) is 11.3 Å². The van der Waals surface area contributed by atoms with Crippen molar-refractivity contribution in [2.24, 2.45) is 5.10 Å². The van der Waals surface area contributed by atoms with E-state index >= 15 is 0 Å². The molecule has 0 radical (unpaired) electrons. The van der Waals surface area contributed by atoms with Crippen LogP contribution in [0.1, 0.15) is 17.0 Å². The Bertz CT molecular complexity index is 1030. The number of hydrogen-bond acceptors (Lipinski definition) is 6. The predicted octanol–water partition coefficient (Wildman–Crippen LogP) is 3.25. The Balaban J connectivity index is 1.60. The van der Waals surface area contributed by atoms with Gasteiger partial charge in [-0.3, -0.25) is 9.36 Å². The molecule has 0 saturated heterocycles. The summed E-state index contributed by atoms with van der Waals surface area (Å²) < 4.78 is 1.89. The van der Waals surface area contributed by atoms with E-state index in [4.69, 9.17) is 0 Å². The smallest absolute Gasteiger partial charge is 0.250 e. The molecule has 0 bridgehead atoms. The Morgan fingerprint density at radius 1 is 1.24 bits per heavy atom. The zero-order chi connectivity index (χ0) is 20.6. The maximum Gasteiger partial charge on any atom is 0.250 e. The first-order chi connectivity index (χ1) is 14.1. The molecule has 0 aliphatic carbocycles. The number of phenols is 1. The molecule has 1 heterocycles. The molecule has 0 atom stereocenters. The van der Waals surface area contributed by atoms with Crippen LogP contribution in [0.4, 0.5) is 0 Å². The summed E-state index contributed by atoms with van der Waals surface area (Å²) in [5.74, 6) is 0.719. The molecule has 0 fully saturated rings. The molecule has 7 nitrogen and oxygen atoms in total. The number of para-hydroxylation sites is 2. The van der Waals surface area contributed by atoms with Gasteiger partial charge in [0.2, 0.25) is 0 Å².